The standard InChI is InChI=1S/C35H28F2N4O7S/c1-39-34(43)31-24-16-23(20-9-12-28(46-2)25(15-20)35-40-32-26(37)5-4-6-29(32)48-35)27(41(49(3,44)45)18-22(42)13-14-38)17-30(24)47-33(31)19-7-10-21(36)11-8-19/h4-12,15-17,22,42H,13,18H2,1-3H3,(H,39,43). The van der Waals surface area contributed by atoms with Crippen LogP contribution in [0.4, 0.5) is 14.5 Å². The number of carbonyl (C=O) groups is 1. The highest BCUT2D eigenvalue weighted by Gasteiger charge is 2.29. The number of aliphatic hydroxyl groups excluding tert-OH is 1. The number of hydrogen-bond acceptors (Lipinski definition) is 9. The molecule has 2 aromatic heterocycles. The van der Waals surface area contributed by atoms with E-state index in [9.17, 15) is 32.4 Å². The third-order valence-electron chi connectivity index (χ3n) is 7.85. The molecule has 0 saturated heterocycles. The molecule has 11 nitrogen and oxygen atoms in total. The number of benzene rings is 4. The molecule has 6 aromatic rings. The quantitative estimate of drug-likeness (QED) is 0.170. The summed E-state index contributed by atoms with van der Waals surface area (Å²) in [6.45, 7) is -0.480. The Morgan fingerprint density at radius 3 is 2.43 bits per heavy atom. The molecule has 1 atom stereocenters. The molecule has 0 aliphatic rings. The van der Waals surface area contributed by atoms with Crippen LogP contribution in [0.5, 0.6) is 5.75 Å². The predicted molar refractivity (Wildman–Crippen MR) is 178 cm³/mol. The van der Waals surface area contributed by atoms with Gasteiger partial charge in [-0.2, -0.15) is 5.26 Å². The minimum atomic E-state index is -4.10. The van der Waals surface area contributed by atoms with Crippen LogP contribution in [-0.2, 0) is 10.0 Å². The molecule has 49 heavy (non-hydrogen) atoms. The Morgan fingerprint density at radius 1 is 1.04 bits per heavy atom. The number of nitrogens with zero attached hydrogens (tertiary/aromatic N) is 3. The van der Waals surface area contributed by atoms with Gasteiger partial charge < -0.3 is 24.0 Å². The normalized spacial score (nSPS) is 12.2. The fourth-order valence-electron chi connectivity index (χ4n) is 5.57. The lowest BCUT2D eigenvalue weighted by atomic mass is 9.96. The van der Waals surface area contributed by atoms with Crippen molar-refractivity contribution in [3.63, 3.8) is 0 Å². The van der Waals surface area contributed by atoms with E-state index in [4.69, 9.17) is 13.6 Å². The second-order valence-corrected chi connectivity index (χ2v) is 13.0. The van der Waals surface area contributed by atoms with Crippen molar-refractivity contribution >= 4 is 43.7 Å². The minimum Gasteiger partial charge on any atom is -0.496 e. The number of nitriles is 1. The van der Waals surface area contributed by atoms with Gasteiger partial charge in [0.1, 0.15) is 28.4 Å². The van der Waals surface area contributed by atoms with Crippen LogP contribution in [0.3, 0.4) is 0 Å². The predicted octanol–water partition coefficient (Wildman–Crippen LogP) is 6.26. The minimum absolute atomic E-state index is 0.00346. The second kappa shape index (κ2) is 13.0. The van der Waals surface area contributed by atoms with E-state index in [1.54, 1.807) is 30.3 Å². The number of halogens is 2. The molecule has 1 unspecified atom stereocenters. The number of furan rings is 1. The highest BCUT2D eigenvalue weighted by atomic mass is 32.2. The van der Waals surface area contributed by atoms with Gasteiger partial charge in [0.2, 0.25) is 15.9 Å². The molecule has 0 aliphatic carbocycles. The number of ether oxygens (including phenoxy) is 1. The van der Waals surface area contributed by atoms with E-state index in [1.165, 1.54) is 56.6 Å². The van der Waals surface area contributed by atoms with Crippen LogP contribution in [0.2, 0.25) is 0 Å². The van der Waals surface area contributed by atoms with Gasteiger partial charge in [-0.3, -0.25) is 9.10 Å². The molecule has 6 rings (SSSR count). The Bertz CT molecular complexity index is 2380. The summed E-state index contributed by atoms with van der Waals surface area (Å²) in [6, 6.07) is 19.3. The van der Waals surface area contributed by atoms with E-state index in [0.29, 0.717) is 27.8 Å². The largest absolute Gasteiger partial charge is 0.496 e. The van der Waals surface area contributed by atoms with E-state index in [2.05, 4.69) is 10.3 Å². The summed E-state index contributed by atoms with van der Waals surface area (Å²) in [7, 11) is -1.24. The van der Waals surface area contributed by atoms with E-state index in [1.807, 2.05) is 6.07 Å². The van der Waals surface area contributed by atoms with Gasteiger partial charge >= 0.3 is 0 Å². The Hall–Kier alpha value is -5.78. The van der Waals surface area contributed by atoms with Crippen LogP contribution in [0.1, 0.15) is 16.8 Å². The fourth-order valence-corrected chi connectivity index (χ4v) is 6.52. The van der Waals surface area contributed by atoms with Crippen molar-refractivity contribution in [2.75, 3.05) is 31.3 Å². The molecule has 250 valence electrons. The highest BCUT2D eigenvalue weighted by molar-refractivity contribution is 7.92. The number of para-hydroxylation sites is 1. The summed E-state index contributed by atoms with van der Waals surface area (Å²) in [4.78, 5) is 17.7. The lowest BCUT2D eigenvalue weighted by molar-refractivity contribution is 0.0964. The number of nitrogens with one attached hydrogen (secondary N) is 1. The maximum absolute atomic E-state index is 14.6. The Kier molecular flexibility index (Phi) is 8.81. The van der Waals surface area contributed by atoms with Gasteiger partial charge in [-0.25, -0.2) is 22.2 Å². The first-order chi connectivity index (χ1) is 23.4. The number of sulfonamides is 1. The zero-order valence-corrected chi connectivity index (χ0v) is 27.1. The smallest absolute Gasteiger partial charge is 0.255 e. The van der Waals surface area contributed by atoms with E-state index < -0.39 is 40.2 Å². The van der Waals surface area contributed by atoms with Crippen molar-refractivity contribution in [3.05, 3.63) is 90.0 Å². The van der Waals surface area contributed by atoms with Crippen molar-refractivity contribution in [2.24, 2.45) is 0 Å². The first kappa shape index (κ1) is 33.1. The number of rotatable bonds is 10. The van der Waals surface area contributed by atoms with Crippen molar-refractivity contribution in [3.8, 4) is 45.7 Å². The molecule has 2 heterocycles. The van der Waals surface area contributed by atoms with Crippen LogP contribution in [0.25, 0.3) is 56.0 Å². The summed E-state index contributed by atoms with van der Waals surface area (Å²) in [5.74, 6) is -1.16. The van der Waals surface area contributed by atoms with Gasteiger partial charge in [-0.05, 0) is 60.2 Å². The molecule has 14 heteroatoms. The van der Waals surface area contributed by atoms with Crippen molar-refractivity contribution in [1.82, 2.24) is 10.3 Å². The molecule has 0 fully saturated rings. The van der Waals surface area contributed by atoms with Gasteiger partial charge in [-0.15, -0.1) is 0 Å². The molecule has 1 amide bonds. The fraction of sp³-hybridized carbons (Fsp3) is 0.171. The molecule has 2 N–H and O–H groups in total. The molecule has 4 aromatic carbocycles. The zero-order valence-electron chi connectivity index (χ0n) is 26.3. The molecule has 0 aliphatic heterocycles. The Labute approximate surface area is 279 Å². The summed E-state index contributed by atoms with van der Waals surface area (Å²) < 4.78 is 73.6. The summed E-state index contributed by atoms with van der Waals surface area (Å²) >= 11 is 0. The lowest BCUT2D eigenvalue weighted by Gasteiger charge is -2.27. The molecule has 0 bridgehead atoms. The monoisotopic (exact) mass is 686 g/mol. The van der Waals surface area contributed by atoms with Crippen molar-refractivity contribution < 1.29 is 40.7 Å². The number of aromatic nitrogens is 1. The first-order valence-electron chi connectivity index (χ1n) is 14.8. The molecular weight excluding hydrogens is 658 g/mol. The van der Waals surface area contributed by atoms with Crippen LogP contribution in [0, 0.1) is 23.0 Å². The van der Waals surface area contributed by atoms with Gasteiger partial charge in [0.15, 0.2) is 11.4 Å². The number of aliphatic hydroxyl groups is 1. The average molecular weight is 687 g/mol. The molecule has 0 radical (unpaired) electrons. The summed E-state index contributed by atoms with van der Waals surface area (Å²) in [5, 5.41) is 22.7. The SMILES string of the molecule is CNC(=O)c1c(-c2ccc(F)cc2)oc2cc(N(CC(O)CC#N)S(C)(=O)=O)c(-c3ccc(OC)c(-c4nc5c(F)cccc5o4)c3)cc12. The molecule has 0 spiro atoms. The third kappa shape index (κ3) is 6.29. The summed E-state index contributed by atoms with van der Waals surface area (Å²) in [5.41, 5.74) is 1.83. The van der Waals surface area contributed by atoms with Gasteiger partial charge in [0.25, 0.3) is 5.91 Å². The average Bonchev–Trinajstić information content (AvgIpc) is 3.68. The van der Waals surface area contributed by atoms with Gasteiger partial charge in [-0.1, -0.05) is 12.1 Å². The lowest BCUT2D eigenvalue weighted by Crippen LogP contribution is -2.37. The number of hydrogen-bond donors (Lipinski definition) is 2. The van der Waals surface area contributed by atoms with Gasteiger partial charge in [0, 0.05) is 29.6 Å². The number of amides is 1. The van der Waals surface area contributed by atoms with E-state index in [0.717, 1.165) is 10.6 Å². The first-order valence-corrected chi connectivity index (χ1v) is 16.6. The molecule has 0 saturated carbocycles. The number of oxazole rings is 1. The maximum Gasteiger partial charge on any atom is 0.255 e. The summed E-state index contributed by atoms with van der Waals surface area (Å²) in [6.07, 6.45) is -0.743. The number of fused-ring (bicyclic) bond motifs is 2. The van der Waals surface area contributed by atoms with Crippen molar-refractivity contribution in [2.45, 2.75) is 12.5 Å². The number of anilines is 1. The highest BCUT2D eigenvalue weighted by Crippen LogP contribution is 2.44. The van der Waals surface area contributed by atoms with E-state index in [-0.39, 0.29) is 51.6 Å². The van der Waals surface area contributed by atoms with E-state index >= 15 is 0 Å². The third-order valence-corrected chi connectivity index (χ3v) is 9.00. The molecular formula is C35H28F2N4O7S. The van der Waals surface area contributed by atoms with Crippen LogP contribution in [0.15, 0.2) is 81.6 Å². The van der Waals surface area contributed by atoms with Crippen LogP contribution < -0.4 is 14.4 Å². The topological polar surface area (TPSA) is 159 Å². The van der Waals surface area contributed by atoms with Gasteiger partial charge in [0.05, 0.1) is 55.3 Å². The van der Waals surface area contributed by atoms with Crippen LogP contribution in [-0.4, -0.2) is 57.5 Å². The van der Waals surface area contributed by atoms with Crippen LogP contribution >= 0.6 is 0 Å². The Balaban J connectivity index is 1.66. The second-order valence-electron chi connectivity index (χ2n) is 11.1. The zero-order chi connectivity index (χ0) is 35.0. The maximum atomic E-state index is 14.6. The number of methoxy groups -OCH3 is 1. The number of carbonyl (C=O) groups excluding carboxylic acids is 1. The Morgan fingerprint density at radius 2 is 1.78 bits per heavy atom. The van der Waals surface area contributed by atoms with Crippen molar-refractivity contribution in [1.29, 1.82) is 5.26 Å².